The van der Waals surface area contributed by atoms with E-state index in [1.807, 2.05) is 0 Å². The number of para-hydroxylation sites is 1. The zero-order valence-electron chi connectivity index (χ0n) is 12.6. The van der Waals surface area contributed by atoms with Crippen molar-refractivity contribution < 1.29 is 14.7 Å². The number of aromatic carboxylic acids is 1. The molecule has 0 bridgehead atoms. The smallest absolute Gasteiger partial charge is 0.337 e. The fourth-order valence-corrected chi connectivity index (χ4v) is 2.96. The SMILES string of the molecule is CN(CC1CCCC1)C(=O)N(C)c1ccccc1C(=O)O. The average molecular weight is 290 g/mol. The molecule has 5 heteroatoms. The highest BCUT2D eigenvalue weighted by Gasteiger charge is 2.24. The van der Waals surface area contributed by atoms with E-state index >= 15 is 0 Å². The van der Waals surface area contributed by atoms with Gasteiger partial charge in [-0.15, -0.1) is 0 Å². The second-order valence-electron chi connectivity index (χ2n) is 5.69. The topological polar surface area (TPSA) is 60.9 Å². The van der Waals surface area contributed by atoms with Crippen LogP contribution in [0.1, 0.15) is 36.0 Å². The van der Waals surface area contributed by atoms with Gasteiger partial charge in [-0.1, -0.05) is 25.0 Å². The van der Waals surface area contributed by atoms with E-state index < -0.39 is 5.97 Å². The quantitative estimate of drug-likeness (QED) is 0.927. The van der Waals surface area contributed by atoms with Crippen LogP contribution in [-0.2, 0) is 0 Å². The lowest BCUT2D eigenvalue weighted by molar-refractivity contribution is 0.0697. The first-order chi connectivity index (χ1) is 10.0. The minimum atomic E-state index is -1.02. The van der Waals surface area contributed by atoms with Crippen molar-refractivity contribution >= 4 is 17.7 Å². The molecule has 1 aliphatic carbocycles. The van der Waals surface area contributed by atoms with E-state index in [4.69, 9.17) is 0 Å². The molecule has 0 unspecified atom stereocenters. The molecule has 2 amide bonds. The first-order valence-electron chi connectivity index (χ1n) is 7.32. The number of benzene rings is 1. The van der Waals surface area contributed by atoms with Crippen LogP contribution in [0.15, 0.2) is 24.3 Å². The van der Waals surface area contributed by atoms with Gasteiger partial charge in [-0.25, -0.2) is 9.59 Å². The number of amides is 2. The number of carbonyl (C=O) groups is 2. The fraction of sp³-hybridized carbons (Fsp3) is 0.500. The molecule has 1 aliphatic rings. The van der Waals surface area contributed by atoms with Gasteiger partial charge in [0.15, 0.2) is 0 Å². The van der Waals surface area contributed by atoms with Gasteiger partial charge in [0.05, 0.1) is 11.3 Å². The van der Waals surface area contributed by atoms with Crippen molar-refractivity contribution in [3.05, 3.63) is 29.8 Å². The van der Waals surface area contributed by atoms with Crippen LogP contribution in [0.3, 0.4) is 0 Å². The molecule has 21 heavy (non-hydrogen) atoms. The van der Waals surface area contributed by atoms with Crippen LogP contribution in [0.4, 0.5) is 10.5 Å². The summed E-state index contributed by atoms with van der Waals surface area (Å²) in [5.74, 6) is -0.453. The number of urea groups is 1. The highest BCUT2D eigenvalue weighted by atomic mass is 16.4. The molecule has 0 aromatic heterocycles. The number of anilines is 1. The minimum Gasteiger partial charge on any atom is -0.478 e. The maximum atomic E-state index is 12.5. The summed E-state index contributed by atoms with van der Waals surface area (Å²) in [5.41, 5.74) is 0.566. The average Bonchev–Trinajstić information content (AvgIpc) is 2.98. The third-order valence-corrected chi connectivity index (χ3v) is 4.12. The molecule has 1 aromatic carbocycles. The number of hydrogen-bond acceptors (Lipinski definition) is 2. The summed E-state index contributed by atoms with van der Waals surface area (Å²) in [6.45, 7) is 0.735. The lowest BCUT2D eigenvalue weighted by Gasteiger charge is -2.27. The second-order valence-corrected chi connectivity index (χ2v) is 5.69. The Balaban J connectivity index is 2.09. The van der Waals surface area contributed by atoms with Crippen molar-refractivity contribution in [2.24, 2.45) is 5.92 Å². The number of carboxylic acid groups (broad SMARTS) is 1. The van der Waals surface area contributed by atoms with Crippen LogP contribution in [0.5, 0.6) is 0 Å². The van der Waals surface area contributed by atoms with E-state index in [9.17, 15) is 14.7 Å². The highest BCUT2D eigenvalue weighted by molar-refractivity contribution is 6.01. The Labute approximate surface area is 125 Å². The van der Waals surface area contributed by atoms with E-state index in [0.717, 1.165) is 6.54 Å². The van der Waals surface area contributed by atoms with Gasteiger partial charge in [-0.3, -0.25) is 4.90 Å². The normalized spacial score (nSPS) is 15.0. The van der Waals surface area contributed by atoms with Gasteiger partial charge < -0.3 is 10.0 Å². The molecule has 1 aromatic rings. The Morgan fingerprint density at radius 1 is 1.19 bits per heavy atom. The van der Waals surface area contributed by atoms with Crippen molar-refractivity contribution in [3.63, 3.8) is 0 Å². The van der Waals surface area contributed by atoms with Crippen LogP contribution in [0.2, 0.25) is 0 Å². The summed E-state index contributed by atoms with van der Waals surface area (Å²) in [6.07, 6.45) is 4.83. The Morgan fingerprint density at radius 3 is 2.43 bits per heavy atom. The van der Waals surface area contributed by atoms with Crippen molar-refractivity contribution in [2.45, 2.75) is 25.7 Å². The second kappa shape index (κ2) is 6.61. The largest absolute Gasteiger partial charge is 0.478 e. The molecule has 0 spiro atoms. The predicted octanol–water partition coefficient (Wildman–Crippen LogP) is 3.06. The predicted molar refractivity (Wildman–Crippen MR) is 81.8 cm³/mol. The maximum Gasteiger partial charge on any atom is 0.337 e. The van der Waals surface area contributed by atoms with E-state index in [-0.39, 0.29) is 11.6 Å². The molecule has 0 radical (unpaired) electrons. The molecular formula is C16H22N2O3. The van der Waals surface area contributed by atoms with E-state index in [1.165, 1.54) is 36.6 Å². The number of carbonyl (C=O) groups excluding carboxylic acids is 1. The number of rotatable bonds is 4. The molecule has 0 saturated heterocycles. The third-order valence-electron chi connectivity index (χ3n) is 4.12. The molecule has 1 fully saturated rings. The van der Waals surface area contributed by atoms with Gasteiger partial charge in [0.25, 0.3) is 0 Å². The zero-order chi connectivity index (χ0) is 15.4. The van der Waals surface area contributed by atoms with Crippen LogP contribution in [0, 0.1) is 5.92 Å². The molecule has 1 saturated carbocycles. The lowest BCUT2D eigenvalue weighted by Crippen LogP contribution is -2.41. The summed E-state index contributed by atoms with van der Waals surface area (Å²) >= 11 is 0. The Hall–Kier alpha value is -2.04. The zero-order valence-corrected chi connectivity index (χ0v) is 12.6. The minimum absolute atomic E-state index is 0.141. The molecule has 2 rings (SSSR count). The molecular weight excluding hydrogens is 268 g/mol. The van der Waals surface area contributed by atoms with Gasteiger partial charge in [0.2, 0.25) is 0 Å². The van der Waals surface area contributed by atoms with Gasteiger partial charge in [0, 0.05) is 20.6 Å². The third kappa shape index (κ3) is 3.54. The summed E-state index contributed by atoms with van der Waals surface area (Å²) in [4.78, 5) is 26.8. The van der Waals surface area contributed by atoms with Crippen LogP contribution < -0.4 is 4.90 Å². The molecule has 0 heterocycles. The molecule has 5 nitrogen and oxygen atoms in total. The first-order valence-corrected chi connectivity index (χ1v) is 7.32. The first kappa shape index (κ1) is 15.4. The van der Waals surface area contributed by atoms with Crippen molar-refractivity contribution in [1.29, 1.82) is 0 Å². The monoisotopic (exact) mass is 290 g/mol. The van der Waals surface area contributed by atoms with Crippen LogP contribution in [-0.4, -0.2) is 42.6 Å². The van der Waals surface area contributed by atoms with Gasteiger partial charge in [-0.2, -0.15) is 0 Å². The number of hydrogen-bond donors (Lipinski definition) is 1. The number of carboxylic acids is 1. The lowest BCUT2D eigenvalue weighted by atomic mass is 10.1. The molecule has 1 N–H and O–H groups in total. The molecule has 114 valence electrons. The summed E-state index contributed by atoms with van der Waals surface area (Å²) in [6, 6.07) is 6.40. The Bertz CT molecular complexity index is 524. The summed E-state index contributed by atoms with van der Waals surface area (Å²) in [5, 5.41) is 9.21. The van der Waals surface area contributed by atoms with Crippen molar-refractivity contribution in [3.8, 4) is 0 Å². The maximum absolute atomic E-state index is 12.5. The van der Waals surface area contributed by atoms with Crippen LogP contribution >= 0.6 is 0 Å². The van der Waals surface area contributed by atoms with Crippen molar-refractivity contribution in [1.82, 2.24) is 4.90 Å². The van der Waals surface area contributed by atoms with E-state index in [2.05, 4.69) is 0 Å². The highest BCUT2D eigenvalue weighted by Crippen LogP contribution is 2.26. The van der Waals surface area contributed by atoms with E-state index in [0.29, 0.717) is 11.6 Å². The summed E-state index contributed by atoms with van der Waals surface area (Å²) in [7, 11) is 3.40. The molecule has 0 atom stereocenters. The fourth-order valence-electron chi connectivity index (χ4n) is 2.96. The standard InChI is InChI=1S/C16H22N2O3/c1-17(11-12-7-3-4-8-12)16(21)18(2)14-10-6-5-9-13(14)15(19)20/h5-6,9-10,12H,3-4,7-8,11H2,1-2H3,(H,19,20). The van der Waals surface area contributed by atoms with Gasteiger partial charge in [-0.05, 0) is 30.9 Å². The van der Waals surface area contributed by atoms with Gasteiger partial charge >= 0.3 is 12.0 Å². The van der Waals surface area contributed by atoms with Gasteiger partial charge in [0.1, 0.15) is 0 Å². The summed E-state index contributed by atoms with van der Waals surface area (Å²) < 4.78 is 0. The number of nitrogens with zero attached hydrogens (tertiary/aromatic N) is 2. The van der Waals surface area contributed by atoms with Crippen LogP contribution in [0.25, 0.3) is 0 Å². The van der Waals surface area contributed by atoms with Crippen molar-refractivity contribution in [2.75, 3.05) is 25.5 Å². The Morgan fingerprint density at radius 2 is 1.81 bits per heavy atom. The van der Waals surface area contributed by atoms with E-state index in [1.54, 1.807) is 37.2 Å². The molecule has 0 aliphatic heterocycles. The Kier molecular flexibility index (Phi) is 4.83.